The molecule has 0 radical (unpaired) electrons. The van der Waals surface area contributed by atoms with E-state index in [0.29, 0.717) is 12.4 Å². The van der Waals surface area contributed by atoms with Gasteiger partial charge in [-0.15, -0.1) is 0 Å². The highest BCUT2D eigenvalue weighted by molar-refractivity contribution is 7.11. The van der Waals surface area contributed by atoms with Crippen LogP contribution in [0.1, 0.15) is 0 Å². The second kappa shape index (κ2) is 5.92. The van der Waals surface area contributed by atoms with E-state index in [-0.39, 0.29) is 5.91 Å². The average molecular weight is 290 g/mol. The Morgan fingerprint density at radius 2 is 1.90 bits per heavy atom. The number of hydrogen-bond donors (Lipinski definition) is 1. The molecule has 2 N–H and O–H groups in total. The Bertz CT molecular complexity index is 594. The first kappa shape index (κ1) is 14.3. The third kappa shape index (κ3) is 2.91. The standard InChI is InChI=1S/C14H18N4OS/c1-17(2)11(19)9-18(3)14-12(13(15)16-20-14)10-7-5-4-6-8-10/h4-8H,9H2,1-3H3,(H2,15,16). The van der Waals surface area contributed by atoms with Crippen LogP contribution in [0, 0.1) is 0 Å². The van der Waals surface area contributed by atoms with Gasteiger partial charge in [0.1, 0.15) is 10.8 Å². The van der Waals surface area contributed by atoms with Gasteiger partial charge in [-0.25, -0.2) is 0 Å². The van der Waals surface area contributed by atoms with Crippen molar-refractivity contribution >= 4 is 28.3 Å². The van der Waals surface area contributed by atoms with Gasteiger partial charge in [-0.2, -0.15) is 4.37 Å². The summed E-state index contributed by atoms with van der Waals surface area (Å²) in [6, 6.07) is 9.86. The van der Waals surface area contributed by atoms with Crippen molar-refractivity contribution in [1.82, 2.24) is 9.27 Å². The first-order valence-corrected chi connectivity index (χ1v) is 7.00. The number of aromatic nitrogens is 1. The lowest BCUT2D eigenvalue weighted by Crippen LogP contribution is -2.34. The quantitative estimate of drug-likeness (QED) is 0.934. The van der Waals surface area contributed by atoms with E-state index >= 15 is 0 Å². The summed E-state index contributed by atoms with van der Waals surface area (Å²) in [6.45, 7) is 0.300. The number of nitrogens with two attached hydrogens (primary N) is 1. The smallest absolute Gasteiger partial charge is 0.241 e. The average Bonchev–Trinajstić information content (AvgIpc) is 2.81. The Hall–Kier alpha value is -2.08. The third-order valence-electron chi connectivity index (χ3n) is 2.98. The van der Waals surface area contributed by atoms with Gasteiger partial charge in [0, 0.05) is 21.1 Å². The maximum Gasteiger partial charge on any atom is 0.241 e. The first-order valence-electron chi connectivity index (χ1n) is 6.22. The van der Waals surface area contributed by atoms with Crippen LogP contribution >= 0.6 is 11.5 Å². The van der Waals surface area contributed by atoms with Crippen LogP contribution in [0.25, 0.3) is 11.1 Å². The number of carbonyl (C=O) groups excluding carboxylic acids is 1. The molecule has 0 aliphatic carbocycles. The molecule has 6 heteroatoms. The number of anilines is 2. The van der Waals surface area contributed by atoms with E-state index in [4.69, 9.17) is 5.73 Å². The van der Waals surface area contributed by atoms with E-state index in [1.165, 1.54) is 11.5 Å². The molecule has 0 atom stereocenters. The second-order valence-corrected chi connectivity index (χ2v) is 5.51. The molecule has 1 heterocycles. The highest BCUT2D eigenvalue weighted by Gasteiger charge is 2.19. The van der Waals surface area contributed by atoms with Crippen LogP contribution in [0.2, 0.25) is 0 Å². The SMILES string of the molecule is CN(C)C(=O)CN(C)c1snc(N)c1-c1ccccc1. The predicted molar refractivity (Wildman–Crippen MR) is 83.9 cm³/mol. The molecular weight excluding hydrogens is 272 g/mol. The zero-order chi connectivity index (χ0) is 14.7. The molecule has 2 aromatic rings. The Kier molecular flexibility index (Phi) is 4.24. The molecular formula is C14H18N4OS. The summed E-state index contributed by atoms with van der Waals surface area (Å²) in [5.74, 6) is 0.541. The zero-order valence-corrected chi connectivity index (χ0v) is 12.6. The number of nitrogens with zero attached hydrogens (tertiary/aromatic N) is 3. The second-order valence-electron chi connectivity index (χ2n) is 4.76. The van der Waals surface area contributed by atoms with Crippen LogP contribution in [0.4, 0.5) is 10.8 Å². The molecule has 0 saturated heterocycles. The van der Waals surface area contributed by atoms with Crippen molar-refractivity contribution in [2.45, 2.75) is 0 Å². The Balaban J connectivity index is 2.32. The molecule has 1 amide bonds. The van der Waals surface area contributed by atoms with Crippen LogP contribution in [0.15, 0.2) is 30.3 Å². The molecule has 20 heavy (non-hydrogen) atoms. The highest BCUT2D eigenvalue weighted by Crippen LogP contribution is 2.38. The fourth-order valence-electron chi connectivity index (χ4n) is 1.85. The van der Waals surface area contributed by atoms with E-state index in [1.807, 2.05) is 42.3 Å². The minimum Gasteiger partial charge on any atom is -0.382 e. The maximum atomic E-state index is 11.8. The summed E-state index contributed by atoms with van der Waals surface area (Å²) < 4.78 is 4.22. The minimum absolute atomic E-state index is 0.0403. The summed E-state index contributed by atoms with van der Waals surface area (Å²) in [5.41, 5.74) is 7.88. The molecule has 0 unspecified atom stereocenters. The molecule has 0 saturated carbocycles. The van der Waals surface area contributed by atoms with Crippen molar-refractivity contribution in [1.29, 1.82) is 0 Å². The number of amides is 1. The molecule has 0 aliphatic rings. The van der Waals surface area contributed by atoms with Gasteiger partial charge in [0.2, 0.25) is 5.91 Å². The number of hydrogen-bond acceptors (Lipinski definition) is 5. The number of rotatable bonds is 4. The lowest BCUT2D eigenvalue weighted by molar-refractivity contribution is -0.127. The van der Waals surface area contributed by atoms with E-state index in [1.54, 1.807) is 19.0 Å². The molecule has 1 aromatic carbocycles. The Morgan fingerprint density at radius 3 is 2.50 bits per heavy atom. The Labute approximate surface area is 122 Å². The summed E-state index contributed by atoms with van der Waals surface area (Å²) >= 11 is 1.31. The van der Waals surface area contributed by atoms with Crippen molar-refractivity contribution in [2.75, 3.05) is 38.3 Å². The molecule has 0 fully saturated rings. The van der Waals surface area contributed by atoms with Gasteiger partial charge in [-0.05, 0) is 17.1 Å². The van der Waals surface area contributed by atoms with Crippen molar-refractivity contribution < 1.29 is 4.79 Å². The third-order valence-corrected chi connectivity index (χ3v) is 3.96. The van der Waals surface area contributed by atoms with Crippen molar-refractivity contribution in [3.8, 4) is 11.1 Å². The van der Waals surface area contributed by atoms with Gasteiger partial charge >= 0.3 is 0 Å². The van der Waals surface area contributed by atoms with Crippen molar-refractivity contribution in [3.63, 3.8) is 0 Å². The molecule has 106 valence electrons. The van der Waals surface area contributed by atoms with E-state index in [9.17, 15) is 4.79 Å². The highest BCUT2D eigenvalue weighted by atomic mass is 32.1. The monoisotopic (exact) mass is 290 g/mol. The maximum absolute atomic E-state index is 11.8. The normalized spacial score (nSPS) is 10.3. The van der Waals surface area contributed by atoms with E-state index in [2.05, 4.69) is 4.37 Å². The van der Waals surface area contributed by atoms with Crippen molar-refractivity contribution in [3.05, 3.63) is 30.3 Å². The summed E-state index contributed by atoms with van der Waals surface area (Å²) in [4.78, 5) is 15.3. The van der Waals surface area contributed by atoms with Gasteiger partial charge in [0.15, 0.2) is 0 Å². The van der Waals surface area contributed by atoms with Crippen LogP contribution in [-0.2, 0) is 4.79 Å². The summed E-state index contributed by atoms with van der Waals surface area (Å²) in [5, 5.41) is 0.906. The van der Waals surface area contributed by atoms with E-state index < -0.39 is 0 Å². The van der Waals surface area contributed by atoms with Gasteiger partial charge in [-0.3, -0.25) is 4.79 Å². The van der Waals surface area contributed by atoms with Gasteiger partial charge in [-0.1, -0.05) is 30.3 Å². The number of benzene rings is 1. The molecule has 0 spiro atoms. The number of nitrogen functional groups attached to an aromatic ring is 1. The van der Waals surface area contributed by atoms with Crippen LogP contribution in [-0.4, -0.2) is 42.9 Å². The van der Waals surface area contributed by atoms with Crippen LogP contribution in [0.5, 0.6) is 0 Å². The molecule has 5 nitrogen and oxygen atoms in total. The lowest BCUT2D eigenvalue weighted by Gasteiger charge is -2.20. The summed E-state index contributed by atoms with van der Waals surface area (Å²) in [6.07, 6.45) is 0. The van der Waals surface area contributed by atoms with Gasteiger partial charge in [0.25, 0.3) is 0 Å². The molecule has 0 bridgehead atoms. The van der Waals surface area contributed by atoms with Gasteiger partial charge < -0.3 is 15.5 Å². The number of carbonyl (C=O) groups is 1. The van der Waals surface area contributed by atoms with Gasteiger partial charge in [0.05, 0.1) is 12.1 Å². The number of likely N-dealkylation sites (N-methyl/N-ethyl adjacent to an activating group) is 2. The fraction of sp³-hybridized carbons (Fsp3) is 0.286. The van der Waals surface area contributed by atoms with Crippen molar-refractivity contribution in [2.24, 2.45) is 0 Å². The molecule has 1 aromatic heterocycles. The minimum atomic E-state index is 0.0403. The zero-order valence-electron chi connectivity index (χ0n) is 11.8. The summed E-state index contributed by atoms with van der Waals surface area (Å²) in [7, 11) is 5.37. The first-order chi connectivity index (χ1) is 9.50. The van der Waals surface area contributed by atoms with Crippen LogP contribution < -0.4 is 10.6 Å². The predicted octanol–water partition coefficient (Wildman–Crippen LogP) is 1.92. The largest absolute Gasteiger partial charge is 0.382 e. The topological polar surface area (TPSA) is 62.5 Å². The van der Waals surface area contributed by atoms with E-state index in [0.717, 1.165) is 16.1 Å². The Morgan fingerprint density at radius 1 is 1.25 bits per heavy atom. The van der Waals surface area contributed by atoms with Crippen LogP contribution in [0.3, 0.4) is 0 Å². The lowest BCUT2D eigenvalue weighted by atomic mass is 10.1. The fourth-order valence-corrected chi connectivity index (χ4v) is 2.64. The molecule has 2 rings (SSSR count). The molecule has 0 aliphatic heterocycles.